The molecule has 1 fully saturated rings. The van der Waals surface area contributed by atoms with Gasteiger partial charge in [0, 0.05) is 19.3 Å². The fourth-order valence-corrected chi connectivity index (χ4v) is 2.76. The number of para-hydroxylation sites is 1. The van der Waals surface area contributed by atoms with Crippen molar-refractivity contribution in [2.24, 2.45) is 5.92 Å². The molecule has 0 aliphatic heterocycles. The lowest BCUT2D eigenvalue weighted by Crippen LogP contribution is -1.96. The molecule has 26 heavy (non-hydrogen) atoms. The van der Waals surface area contributed by atoms with Gasteiger partial charge in [-0.15, -0.1) is 0 Å². The largest absolute Gasteiger partial charge is 0.493 e. The number of ketones is 1. The highest BCUT2D eigenvalue weighted by Gasteiger charge is 2.18. The zero-order chi connectivity index (χ0) is 19.0. The smallest absolute Gasteiger partial charge is 0.303 e. The van der Waals surface area contributed by atoms with Crippen LogP contribution in [0.4, 0.5) is 0 Å². The number of rotatable bonds is 10. The van der Waals surface area contributed by atoms with E-state index in [1.165, 1.54) is 6.42 Å². The van der Waals surface area contributed by atoms with Gasteiger partial charge in [-0.3, -0.25) is 9.59 Å². The molecule has 1 atom stereocenters. The lowest BCUT2D eigenvalue weighted by atomic mass is 10.1. The number of ether oxygens (including phenoxy) is 1. The standard InChI is InChI=1S/C15H18O2.C7H14O2/c16-14-10-9-13(12-14)6-4-5-11-17-15-7-2-1-3-8-15;1-2-3-4-5-6-7(8)9/h1-4,6-8,13H,5,9-12H2;2-6H2,1H3,(H,8,9)/b6-4+;. The molecule has 1 unspecified atom stereocenters. The topological polar surface area (TPSA) is 63.6 Å². The number of hydrogen-bond donors (Lipinski definition) is 1. The van der Waals surface area contributed by atoms with Crippen molar-refractivity contribution in [3.63, 3.8) is 0 Å². The van der Waals surface area contributed by atoms with Crippen LogP contribution in [0.2, 0.25) is 0 Å². The molecule has 2 rings (SSSR count). The van der Waals surface area contributed by atoms with Gasteiger partial charge in [-0.1, -0.05) is 56.5 Å². The molecule has 0 saturated heterocycles. The van der Waals surface area contributed by atoms with Gasteiger partial charge in [0.1, 0.15) is 11.5 Å². The number of carbonyl (C=O) groups excluding carboxylic acids is 1. The van der Waals surface area contributed by atoms with Crippen LogP contribution < -0.4 is 4.74 Å². The summed E-state index contributed by atoms with van der Waals surface area (Å²) in [6.45, 7) is 2.81. The van der Waals surface area contributed by atoms with Crippen molar-refractivity contribution in [3.05, 3.63) is 42.5 Å². The van der Waals surface area contributed by atoms with Crippen LogP contribution in [0.25, 0.3) is 0 Å². The Morgan fingerprint density at radius 2 is 2.00 bits per heavy atom. The quantitative estimate of drug-likeness (QED) is 0.447. The van der Waals surface area contributed by atoms with Crippen molar-refractivity contribution < 1.29 is 19.4 Å². The predicted octanol–water partition coefficient (Wildman–Crippen LogP) is 5.42. The third kappa shape index (κ3) is 11.5. The summed E-state index contributed by atoms with van der Waals surface area (Å²) < 4.78 is 5.57. The molecule has 0 amide bonds. The highest BCUT2D eigenvalue weighted by Crippen LogP contribution is 2.23. The summed E-state index contributed by atoms with van der Waals surface area (Å²) in [5, 5.41) is 8.21. The normalized spacial score (nSPS) is 16.3. The number of carboxylic acid groups (broad SMARTS) is 1. The summed E-state index contributed by atoms with van der Waals surface area (Å²) in [6.07, 6.45) is 12.3. The molecule has 1 aliphatic rings. The Kier molecular flexibility index (Phi) is 11.9. The maximum atomic E-state index is 11.1. The molecule has 1 aromatic rings. The Labute approximate surface area is 157 Å². The van der Waals surface area contributed by atoms with E-state index in [0.717, 1.165) is 50.7 Å². The van der Waals surface area contributed by atoms with Crippen LogP contribution in [0.15, 0.2) is 42.5 Å². The maximum absolute atomic E-state index is 11.1. The number of allylic oxidation sites excluding steroid dienone is 1. The number of benzene rings is 1. The Balaban J connectivity index is 0.000000321. The second-order valence-electron chi connectivity index (χ2n) is 6.62. The number of carboxylic acids is 1. The van der Waals surface area contributed by atoms with E-state index in [2.05, 4.69) is 19.1 Å². The zero-order valence-corrected chi connectivity index (χ0v) is 15.9. The van der Waals surface area contributed by atoms with E-state index >= 15 is 0 Å². The molecule has 144 valence electrons. The van der Waals surface area contributed by atoms with Gasteiger partial charge in [0.15, 0.2) is 0 Å². The Hall–Kier alpha value is -2.10. The van der Waals surface area contributed by atoms with Crippen LogP contribution >= 0.6 is 0 Å². The molecule has 4 nitrogen and oxygen atoms in total. The molecule has 1 N–H and O–H groups in total. The van der Waals surface area contributed by atoms with Crippen molar-refractivity contribution in [1.29, 1.82) is 0 Å². The van der Waals surface area contributed by atoms with Crippen LogP contribution in [-0.2, 0) is 9.59 Å². The third-order valence-corrected chi connectivity index (χ3v) is 4.23. The predicted molar refractivity (Wildman–Crippen MR) is 104 cm³/mol. The van der Waals surface area contributed by atoms with Gasteiger partial charge < -0.3 is 9.84 Å². The molecule has 0 spiro atoms. The maximum Gasteiger partial charge on any atom is 0.303 e. The van der Waals surface area contributed by atoms with E-state index in [1.54, 1.807) is 0 Å². The van der Waals surface area contributed by atoms with Crippen LogP contribution in [0, 0.1) is 5.92 Å². The van der Waals surface area contributed by atoms with Crippen LogP contribution in [0.1, 0.15) is 64.7 Å². The highest BCUT2D eigenvalue weighted by atomic mass is 16.5. The Morgan fingerprint density at radius 3 is 2.62 bits per heavy atom. The summed E-state index contributed by atoms with van der Waals surface area (Å²) in [5.74, 6) is 1.11. The molecule has 1 saturated carbocycles. The first-order valence-corrected chi connectivity index (χ1v) is 9.69. The van der Waals surface area contributed by atoms with Crippen molar-refractivity contribution >= 4 is 11.8 Å². The minimum absolute atomic E-state index is 0.333. The zero-order valence-electron chi connectivity index (χ0n) is 15.9. The van der Waals surface area contributed by atoms with Gasteiger partial charge in [0.05, 0.1) is 6.61 Å². The van der Waals surface area contributed by atoms with Gasteiger partial charge in [-0.2, -0.15) is 0 Å². The summed E-state index contributed by atoms with van der Waals surface area (Å²) in [7, 11) is 0. The summed E-state index contributed by atoms with van der Waals surface area (Å²) in [4.78, 5) is 21.0. The lowest BCUT2D eigenvalue weighted by Gasteiger charge is -2.03. The van der Waals surface area contributed by atoms with E-state index < -0.39 is 5.97 Å². The Bertz CT molecular complexity index is 536. The number of unbranched alkanes of at least 4 members (excludes halogenated alkanes) is 3. The van der Waals surface area contributed by atoms with Gasteiger partial charge in [-0.05, 0) is 37.3 Å². The van der Waals surface area contributed by atoms with Gasteiger partial charge in [-0.25, -0.2) is 0 Å². The van der Waals surface area contributed by atoms with Crippen molar-refractivity contribution in [2.45, 2.75) is 64.7 Å². The van der Waals surface area contributed by atoms with E-state index in [9.17, 15) is 9.59 Å². The van der Waals surface area contributed by atoms with E-state index in [0.29, 0.717) is 24.7 Å². The van der Waals surface area contributed by atoms with Gasteiger partial charge >= 0.3 is 5.97 Å². The summed E-state index contributed by atoms with van der Waals surface area (Å²) in [5.41, 5.74) is 0. The monoisotopic (exact) mass is 360 g/mol. The molecular weight excluding hydrogens is 328 g/mol. The van der Waals surface area contributed by atoms with Crippen LogP contribution in [0.3, 0.4) is 0 Å². The fraction of sp³-hybridized carbons (Fsp3) is 0.545. The van der Waals surface area contributed by atoms with E-state index in [1.807, 2.05) is 30.3 Å². The average molecular weight is 360 g/mol. The molecule has 0 bridgehead atoms. The molecule has 1 aromatic carbocycles. The number of hydrogen-bond acceptors (Lipinski definition) is 3. The first-order chi connectivity index (χ1) is 12.6. The van der Waals surface area contributed by atoms with Gasteiger partial charge in [0.25, 0.3) is 0 Å². The van der Waals surface area contributed by atoms with Crippen molar-refractivity contribution in [3.8, 4) is 5.75 Å². The third-order valence-electron chi connectivity index (χ3n) is 4.23. The van der Waals surface area contributed by atoms with E-state index in [-0.39, 0.29) is 0 Å². The first-order valence-electron chi connectivity index (χ1n) is 9.69. The molecule has 4 heteroatoms. The second kappa shape index (κ2) is 14.1. The minimum atomic E-state index is -0.675. The van der Waals surface area contributed by atoms with Crippen LogP contribution in [0.5, 0.6) is 5.75 Å². The second-order valence-corrected chi connectivity index (χ2v) is 6.62. The molecule has 0 aromatic heterocycles. The molecular formula is C22H32O4. The average Bonchev–Trinajstić information content (AvgIpc) is 3.05. The first kappa shape index (κ1) is 21.9. The van der Waals surface area contributed by atoms with Crippen LogP contribution in [-0.4, -0.2) is 23.5 Å². The molecule has 0 radical (unpaired) electrons. The SMILES string of the molecule is CCCCCCC(=O)O.O=C1CCC(/C=C/CCOc2ccccc2)C1. The van der Waals surface area contributed by atoms with Crippen molar-refractivity contribution in [1.82, 2.24) is 0 Å². The summed E-state index contributed by atoms with van der Waals surface area (Å²) in [6, 6.07) is 9.83. The molecule has 1 aliphatic carbocycles. The number of aliphatic carboxylic acids is 1. The Morgan fingerprint density at radius 1 is 1.23 bits per heavy atom. The number of Topliss-reactive ketones (excluding diaryl/α,β-unsaturated/α-hetero) is 1. The van der Waals surface area contributed by atoms with E-state index in [4.69, 9.17) is 9.84 Å². The fourth-order valence-electron chi connectivity index (χ4n) is 2.76. The van der Waals surface area contributed by atoms with Crippen molar-refractivity contribution in [2.75, 3.05) is 6.61 Å². The molecule has 0 heterocycles. The summed E-state index contributed by atoms with van der Waals surface area (Å²) >= 11 is 0. The lowest BCUT2D eigenvalue weighted by molar-refractivity contribution is -0.137. The minimum Gasteiger partial charge on any atom is -0.493 e. The number of carbonyl (C=O) groups is 2. The highest BCUT2D eigenvalue weighted by molar-refractivity contribution is 5.80. The van der Waals surface area contributed by atoms with Gasteiger partial charge in [0.2, 0.25) is 0 Å².